The zero-order valence-corrected chi connectivity index (χ0v) is 13.9. The number of hydrogen-bond donors (Lipinski definition) is 0. The normalized spacial score (nSPS) is 10.8. The molecule has 0 N–H and O–H groups in total. The summed E-state index contributed by atoms with van der Waals surface area (Å²) in [6, 6.07) is 18.4. The molecule has 0 spiro atoms. The highest BCUT2D eigenvalue weighted by molar-refractivity contribution is 7.07. The minimum absolute atomic E-state index is 0.564. The van der Waals surface area contributed by atoms with E-state index in [1.165, 1.54) is 5.56 Å². The summed E-state index contributed by atoms with van der Waals surface area (Å²) >= 11 is 1.62. The van der Waals surface area contributed by atoms with Gasteiger partial charge in [-0.05, 0) is 29.3 Å². The van der Waals surface area contributed by atoms with Crippen molar-refractivity contribution >= 4 is 22.2 Å². The van der Waals surface area contributed by atoms with Gasteiger partial charge in [0.15, 0.2) is 0 Å². The molecule has 0 aliphatic heterocycles. The van der Waals surface area contributed by atoms with E-state index in [9.17, 15) is 0 Å². The number of benzene rings is 2. The van der Waals surface area contributed by atoms with Crippen LogP contribution < -0.4 is 4.74 Å². The summed E-state index contributed by atoms with van der Waals surface area (Å²) in [4.78, 5) is 8.90. The highest BCUT2D eigenvalue weighted by Gasteiger charge is 2.03. The van der Waals surface area contributed by atoms with Crippen molar-refractivity contribution in [1.82, 2.24) is 9.97 Å². The van der Waals surface area contributed by atoms with Crippen molar-refractivity contribution < 1.29 is 4.74 Å². The van der Waals surface area contributed by atoms with Crippen LogP contribution in [0.4, 0.5) is 0 Å². The van der Waals surface area contributed by atoms with Crippen LogP contribution in [0.25, 0.3) is 10.9 Å². The molecule has 3 nitrogen and oxygen atoms in total. The van der Waals surface area contributed by atoms with Gasteiger partial charge in [0.1, 0.15) is 12.4 Å². The average Bonchev–Trinajstić information content (AvgIpc) is 3.14. The van der Waals surface area contributed by atoms with Gasteiger partial charge in [-0.25, -0.2) is 4.98 Å². The Morgan fingerprint density at radius 3 is 2.67 bits per heavy atom. The van der Waals surface area contributed by atoms with E-state index >= 15 is 0 Å². The zero-order chi connectivity index (χ0) is 16.2. The van der Waals surface area contributed by atoms with Crippen LogP contribution in [0.15, 0.2) is 71.7 Å². The van der Waals surface area contributed by atoms with Crippen molar-refractivity contribution in [3.63, 3.8) is 0 Å². The number of hydrogen-bond acceptors (Lipinski definition) is 4. The van der Waals surface area contributed by atoms with Crippen molar-refractivity contribution in [3.05, 3.63) is 88.5 Å². The predicted molar refractivity (Wildman–Crippen MR) is 97.4 cm³/mol. The van der Waals surface area contributed by atoms with Gasteiger partial charge in [-0.1, -0.05) is 30.3 Å². The molecule has 0 amide bonds. The molecular formula is C20H16N2OS. The number of nitrogens with zero attached hydrogens (tertiary/aromatic N) is 2. The van der Waals surface area contributed by atoms with Crippen molar-refractivity contribution in [3.8, 4) is 5.75 Å². The highest BCUT2D eigenvalue weighted by atomic mass is 32.1. The second-order valence-corrected chi connectivity index (χ2v) is 6.35. The monoisotopic (exact) mass is 332 g/mol. The fourth-order valence-electron chi connectivity index (χ4n) is 2.61. The van der Waals surface area contributed by atoms with Crippen molar-refractivity contribution in [2.45, 2.75) is 13.0 Å². The van der Waals surface area contributed by atoms with Crippen LogP contribution in [0.2, 0.25) is 0 Å². The molecule has 4 aromatic rings. The molecule has 0 fully saturated rings. The van der Waals surface area contributed by atoms with E-state index in [-0.39, 0.29) is 0 Å². The third-order valence-corrected chi connectivity index (χ3v) is 4.46. The van der Waals surface area contributed by atoms with E-state index in [0.29, 0.717) is 6.61 Å². The number of ether oxygens (including phenoxy) is 1. The molecule has 0 saturated carbocycles. The van der Waals surface area contributed by atoms with Gasteiger partial charge in [0.25, 0.3) is 0 Å². The summed E-state index contributed by atoms with van der Waals surface area (Å²) in [5.41, 5.74) is 6.22. The molecule has 2 heterocycles. The molecule has 4 heteroatoms. The Hall–Kier alpha value is -2.72. The molecule has 2 aromatic heterocycles. The van der Waals surface area contributed by atoms with Crippen LogP contribution in [0.5, 0.6) is 5.75 Å². The molecule has 0 saturated heterocycles. The second kappa shape index (κ2) is 6.81. The fraction of sp³-hybridized carbons (Fsp3) is 0.100. The summed E-state index contributed by atoms with van der Waals surface area (Å²) in [7, 11) is 0. The van der Waals surface area contributed by atoms with Gasteiger partial charge in [0, 0.05) is 29.5 Å². The number of aromatic nitrogens is 2. The van der Waals surface area contributed by atoms with E-state index in [0.717, 1.165) is 34.3 Å². The summed E-state index contributed by atoms with van der Waals surface area (Å²) < 4.78 is 5.87. The standard InChI is InChI=1S/C20H16N2OS/c1-2-4-15(5-3-1)12-23-19-7-6-17-8-16(11-21-20(17)10-19)9-18-13-24-14-22-18/h1-8,10-11,13-14H,9,12H2. The molecule has 0 atom stereocenters. The lowest BCUT2D eigenvalue weighted by Crippen LogP contribution is -1.95. The fourth-order valence-corrected chi connectivity index (χ4v) is 3.17. The largest absolute Gasteiger partial charge is 0.489 e. The van der Waals surface area contributed by atoms with Crippen LogP contribution >= 0.6 is 11.3 Å². The Balaban J connectivity index is 1.51. The lowest BCUT2D eigenvalue weighted by Gasteiger charge is -2.08. The molecule has 0 unspecified atom stereocenters. The first-order valence-electron chi connectivity index (χ1n) is 7.79. The minimum Gasteiger partial charge on any atom is -0.489 e. The van der Waals surface area contributed by atoms with Gasteiger partial charge in [0.2, 0.25) is 0 Å². The first-order chi connectivity index (χ1) is 11.9. The van der Waals surface area contributed by atoms with Gasteiger partial charge in [0.05, 0.1) is 16.7 Å². The van der Waals surface area contributed by atoms with E-state index in [1.807, 2.05) is 42.0 Å². The van der Waals surface area contributed by atoms with Gasteiger partial charge in [-0.15, -0.1) is 11.3 Å². The predicted octanol–water partition coefficient (Wildman–Crippen LogP) is 4.86. The molecular weight excluding hydrogens is 316 g/mol. The van der Waals surface area contributed by atoms with Gasteiger partial charge < -0.3 is 4.74 Å². The molecule has 2 aromatic carbocycles. The lowest BCUT2D eigenvalue weighted by atomic mass is 10.1. The smallest absolute Gasteiger partial charge is 0.122 e. The summed E-state index contributed by atoms with van der Waals surface area (Å²) in [6.07, 6.45) is 2.74. The number of rotatable bonds is 5. The molecule has 0 bridgehead atoms. The summed E-state index contributed by atoms with van der Waals surface area (Å²) in [6.45, 7) is 0.564. The van der Waals surface area contributed by atoms with Gasteiger partial charge >= 0.3 is 0 Å². The van der Waals surface area contributed by atoms with Crippen LogP contribution in [-0.4, -0.2) is 9.97 Å². The lowest BCUT2D eigenvalue weighted by molar-refractivity contribution is 0.306. The first-order valence-corrected chi connectivity index (χ1v) is 8.73. The minimum atomic E-state index is 0.564. The third-order valence-electron chi connectivity index (χ3n) is 3.83. The Bertz CT molecular complexity index is 936. The third kappa shape index (κ3) is 3.44. The maximum absolute atomic E-state index is 5.87. The molecule has 4 rings (SSSR count). The Morgan fingerprint density at radius 2 is 1.83 bits per heavy atom. The molecule has 118 valence electrons. The van der Waals surface area contributed by atoms with Crippen LogP contribution in [0.3, 0.4) is 0 Å². The maximum Gasteiger partial charge on any atom is 0.122 e. The summed E-state index contributed by atoms with van der Waals surface area (Å²) in [5.74, 6) is 0.839. The van der Waals surface area contributed by atoms with Gasteiger partial charge in [-0.3, -0.25) is 4.98 Å². The van der Waals surface area contributed by atoms with E-state index in [4.69, 9.17) is 4.74 Å². The maximum atomic E-state index is 5.87. The van der Waals surface area contributed by atoms with Gasteiger partial charge in [-0.2, -0.15) is 0 Å². The second-order valence-electron chi connectivity index (χ2n) is 5.63. The quantitative estimate of drug-likeness (QED) is 0.523. The average molecular weight is 332 g/mol. The van der Waals surface area contributed by atoms with Crippen molar-refractivity contribution in [1.29, 1.82) is 0 Å². The van der Waals surface area contributed by atoms with Crippen LogP contribution in [-0.2, 0) is 13.0 Å². The van der Waals surface area contributed by atoms with Crippen LogP contribution in [0, 0.1) is 0 Å². The molecule has 0 radical (unpaired) electrons. The number of thiazole rings is 1. The molecule has 0 aliphatic carbocycles. The Morgan fingerprint density at radius 1 is 0.917 bits per heavy atom. The summed E-state index contributed by atoms with van der Waals surface area (Å²) in [5, 5.41) is 3.19. The highest BCUT2D eigenvalue weighted by Crippen LogP contribution is 2.22. The topological polar surface area (TPSA) is 35.0 Å². The molecule has 24 heavy (non-hydrogen) atoms. The SMILES string of the molecule is c1ccc(COc2ccc3cc(Cc4cscn4)cnc3c2)cc1. The Kier molecular flexibility index (Phi) is 4.21. The van der Waals surface area contributed by atoms with E-state index < -0.39 is 0 Å². The van der Waals surface area contributed by atoms with E-state index in [2.05, 4.69) is 39.6 Å². The van der Waals surface area contributed by atoms with E-state index in [1.54, 1.807) is 11.3 Å². The Labute approximate surface area is 144 Å². The first kappa shape index (κ1) is 14.8. The van der Waals surface area contributed by atoms with Crippen molar-refractivity contribution in [2.24, 2.45) is 0 Å². The van der Waals surface area contributed by atoms with Crippen LogP contribution in [0.1, 0.15) is 16.8 Å². The molecule has 0 aliphatic rings. The zero-order valence-electron chi connectivity index (χ0n) is 13.1. The number of pyridine rings is 1. The number of fused-ring (bicyclic) bond motifs is 1. The van der Waals surface area contributed by atoms with Crippen molar-refractivity contribution in [2.75, 3.05) is 0 Å².